The van der Waals surface area contributed by atoms with Gasteiger partial charge in [0.2, 0.25) is 0 Å². The summed E-state index contributed by atoms with van der Waals surface area (Å²) in [5.74, 6) is 0. The van der Waals surface area contributed by atoms with Crippen LogP contribution in [0.4, 0.5) is 0 Å². The molecule has 0 aliphatic rings. The fourth-order valence-electron chi connectivity index (χ4n) is 0.749. The molecule has 1 rings (SSSR count). The van der Waals surface area contributed by atoms with E-state index in [1.54, 1.807) is 25.1 Å². The lowest BCUT2D eigenvalue weighted by Crippen LogP contribution is -2.01. The molecule has 0 unspecified atom stereocenters. The second kappa shape index (κ2) is 4.82. The van der Waals surface area contributed by atoms with Crippen LogP contribution in [-0.4, -0.2) is 10.8 Å². The lowest BCUT2D eigenvalue weighted by atomic mass is 10.4. The molecule has 1 aromatic carbocycles. The van der Waals surface area contributed by atoms with Crippen molar-refractivity contribution in [3.63, 3.8) is 0 Å². The van der Waals surface area contributed by atoms with E-state index in [1.807, 2.05) is 0 Å². The Labute approximate surface area is 96.6 Å². The monoisotopic (exact) mass is 246 g/mol. The molecule has 0 aliphatic heterocycles. The van der Waals surface area contributed by atoms with Crippen molar-refractivity contribution in [1.82, 2.24) is 0 Å². The fourth-order valence-corrected chi connectivity index (χ4v) is 1.94. The first-order valence-corrected chi connectivity index (χ1v) is 5.35. The van der Waals surface area contributed by atoms with Crippen LogP contribution in [0.3, 0.4) is 0 Å². The molecular weight excluding hydrogens is 239 g/mol. The average molecular weight is 247 g/mol. The number of thioether (sulfide) groups is 1. The highest BCUT2D eigenvalue weighted by atomic mass is 35.5. The van der Waals surface area contributed by atoms with Gasteiger partial charge >= 0.3 is 0 Å². The van der Waals surface area contributed by atoms with Crippen molar-refractivity contribution >= 4 is 45.7 Å². The zero-order valence-electron chi connectivity index (χ0n) is 7.40. The Hall–Kier alpha value is -0.510. The van der Waals surface area contributed by atoms with Gasteiger partial charge in [0.15, 0.2) is 0 Å². The summed E-state index contributed by atoms with van der Waals surface area (Å²) < 4.78 is 0. The molecular formula is C9H8Cl2N2S. The summed E-state index contributed by atoms with van der Waals surface area (Å²) in [6.07, 6.45) is 0. The molecule has 0 saturated carbocycles. The normalized spacial score (nSPS) is 9.93. The molecule has 74 valence electrons. The maximum absolute atomic E-state index is 7.48. The number of rotatable bonds is 2. The van der Waals surface area contributed by atoms with Crippen molar-refractivity contribution in [1.29, 1.82) is 10.8 Å². The molecule has 2 N–H and O–H groups in total. The minimum absolute atomic E-state index is 0.175. The standard InChI is InChI=1S/C9H8Cl2N2S/c1-5(12)9(13)14-7-4-2-3-6(10)8(7)11/h2-4,12-13H,1H3. The Bertz CT molecular complexity index is 390. The summed E-state index contributed by atoms with van der Waals surface area (Å²) in [6.45, 7) is 1.56. The van der Waals surface area contributed by atoms with E-state index in [4.69, 9.17) is 34.0 Å². The van der Waals surface area contributed by atoms with Gasteiger partial charge in [-0.25, -0.2) is 0 Å². The van der Waals surface area contributed by atoms with Gasteiger partial charge in [-0.3, -0.25) is 5.41 Å². The quantitative estimate of drug-likeness (QED) is 0.461. The maximum atomic E-state index is 7.48. The van der Waals surface area contributed by atoms with Gasteiger partial charge in [-0.1, -0.05) is 41.0 Å². The number of benzene rings is 1. The third-order valence-corrected chi connectivity index (χ3v) is 3.47. The van der Waals surface area contributed by atoms with Crippen molar-refractivity contribution < 1.29 is 0 Å². The molecule has 0 aliphatic carbocycles. The number of hydrogen-bond acceptors (Lipinski definition) is 3. The highest BCUT2D eigenvalue weighted by Crippen LogP contribution is 2.33. The molecule has 1 aromatic rings. The minimum atomic E-state index is 0.175. The van der Waals surface area contributed by atoms with Gasteiger partial charge in [0.05, 0.1) is 15.8 Å². The Kier molecular flexibility index (Phi) is 3.98. The van der Waals surface area contributed by atoms with Gasteiger partial charge in [-0.05, 0) is 19.1 Å². The van der Waals surface area contributed by atoms with Crippen LogP contribution in [0.1, 0.15) is 6.92 Å². The van der Waals surface area contributed by atoms with E-state index in [-0.39, 0.29) is 10.8 Å². The van der Waals surface area contributed by atoms with E-state index < -0.39 is 0 Å². The smallest absolute Gasteiger partial charge is 0.113 e. The van der Waals surface area contributed by atoms with Crippen LogP contribution < -0.4 is 0 Å². The molecule has 0 bridgehead atoms. The topological polar surface area (TPSA) is 47.7 Å². The lowest BCUT2D eigenvalue weighted by Gasteiger charge is -2.04. The third kappa shape index (κ3) is 2.74. The molecule has 0 heterocycles. The largest absolute Gasteiger partial charge is 0.303 e. The molecule has 0 spiro atoms. The first kappa shape index (κ1) is 11.6. The molecule has 0 radical (unpaired) electrons. The Morgan fingerprint density at radius 1 is 1.29 bits per heavy atom. The van der Waals surface area contributed by atoms with Crippen LogP contribution in [0.2, 0.25) is 10.0 Å². The fraction of sp³-hybridized carbons (Fsp3) is 0.111. The van der Waals surface area contributed by atoms with Crippen molar-refractivity contribution in [2.24, 2.45) is 0 Å². The Morgan fingerprint density at radius 3 is 2.50 bits per heavy atom. The van der Waals surface area contributed by atoms with Crippen molar-refractivity contribution in [3.8, 4) is 0 Å². The number of hydrogen-bond donors (Lipinski definition) is 2. The van der Waals surface area contributed by atoms with E-state index in [0.29, 0.717) is 14.9 Å². The summed E-state index contributed by atoms with van der Waals surface area (Å²) >= 11 is 12.9. The predicted molar refractivity (Wildman–Crippen MR) is 63.4 cm³/mol. The van der Waals surface area contributed by atoms with Gasteiger partial charge in [-0.2, -0.15) is 0 Å². The molecule has 0 aromatic heterocycles. The molecule has 0 fully saturated rings. The van der Waals surface area contributed by atoms with Crippen molar-refractivity contribution in [2.75, 3.05) is 0 Å². The average Bonchev–Trinajstić information content (AvgIpc) is 2.12. The molecule has 14 heavy (non-hydrogen) atoms. The summed E-state index contributed by atoms with van der Waals surface area (Å²) in [4.78, 5) is 0.704. The summed E-state index contributed by atoms with van der Waals surface area (Å²) in [5, 5.41) is 15.8. The van der Waals surface area contributed by atoms with Gasteiger partial charge < -0.3 is 5.41 Å². The zero-order chi connectivity index (χ0) is 10.7. The highest BCUT2D eigenvalue weighted by Gasteiger charge is 2.08. The summed E-state index contributed by atoms with van der Waals surface area (Å²) in [6, 6.07) is 5.23. The lowest BCUT2D eigenvalue weighted by molar-refractivity contribution is 1.46. The Balaban J connectivity index is 2.93. The van der Waals surface area contributed by atoms with Crippen LogP contribution >= 0.6 is 35.0 Å². The Morgan fingerprint density at radius 2 is 1.93 bits per heavy atom. The first-order valence-electron chi connectivity index (χ1n) is 3.78. The van der Waals surface area contributed by atoms with E-state index in [2.05, 4.69) is 0 Å². The predicted octanol–water partition coefficient (Wildman–Crippen LogP) is 4.10. The van der Waals surface area contributed by atoms with Crippen molar-refractivity contribution in [2.45, 2.75) is 11.8 Å². The molecule has 2 nitrogen and oxygen atoms in total. The molecule has 0 atom stereocenters. The van der Waals surface area contributed by atoms with Crippen LogP contribution in [0.5, 0.6) is 0 Å². The summed E-state index contributed by atoms with van der Waals surface area (Å²) in [7, 11) is 0. The summed E-state index contributed by atoms with van der Waals surface area (Å²) in [5.41, 5.74) is 0.214. The first-order chi connectivity index (χ1) is 6.52. The van der Waals surface area contributed by atoms with E-state index in [1.165, 1.54) is 0 Å². The highest BCUT2D eigenvalue weighted by molar-refractivity contribution is 8.15. The van der Waals surface area contributed by atoms with E-state index >= 15 is 0 Å². The van der Waals surface area contributed by atoms with Crippen molar-refractivity contribution in [3.05, 3.63) is 28.2 Å². The number of halogens is 2. The second-order valence-electron chi connectivity index (χ2n) is 2.61. The molecule has 5 heteroatoms. The minimum Gasteiger partial charge on any atom is -0.303 e. The van der Waals surface area contributed by atoms with Gasteiger partial charge in [0, 0.05) is 4.90 Å². The maximum Gasteiger partial charge on any atom is 0.113 e. The van der Waals surface area contributed by atoms with E-state index in [0.717, 1.165) is 11.8 Å². The second-order valence-corrected chi connectivity index (χ2v) is 4.45. The van der Waals surface area contributed by atoms with Gasteiger partial charge in [0.1, 0.15) is 5.04 Å². The zero-order valence-corrected chi connectivity index (χ0v) is 9.72. The van der Waals surface area contributed by atoms with Crippen LogP contribution in [0.15, 0.2) is 23.1 Å². The molecule has 0 saturated heterocycles. The van der Waals surface area contributed by atoms with Crippen LogP contribution in [-0.2, 0) is 0 Å². The van der Waals surface area contributed by atoms with Crippen LogP contribution in [0.25, 0.3) is 0 Å². The SMILES string of the molecule is CC(=N)C(=N)Sc1cccc(Cl)c1Cl. The van der Waals surface area contributed by atoms with Gasteiger partial charge in [-0.15, -0.1) is 0 Å². The molecule has 0 amide bonds. The van der Waals surface area contributed by atoms with Crippen LogP contribution in [0, 0.1) is 10.8 Å². The van der Waals surface area contributed by atoms with E-state index in [9.17, 15) is 0 Å². The third-order valence-electron chi connectivity index (χ3n) is 1.47. The number of nitrogens with one attached hydrogen (secondary N) is 2. The van der Waals surface area contributed by atoms with Gasteiger partial charge in [0.25, 0.3) is 0 Å².